The van der Waals surface area contributed by atoms with Gasteiger partial charge in [-0.2, -0.15) is 0 Å². The number of aromatic nitrogens is 1. The molecule has 0 unspecified atom stereocenters. The van der Waals surface area contributed by atoms with Crippen molar-refractivity contribution >= 4 is 15.8 Å². The summed E-state index contributed by atoms with van der Waals surface area (Å²) in [5, 5.41) is 0. The van der Waals surface area contributed by atoms with Gasteiger partial charge in [0.25, 0.3) is 0 Å². The summed E-state index contributed by atoms with van der Waals surface area (Å²) in [5.41, 5.74) is 5.00. The highest BCUT2D eigenvalue weighted by Gasteiger charge is 2.26. The van der Waals surface area contributed by atoms with Crippen molar-refractivity contribution < 1.29 is 8.42 Å². The fraction of sp³-hybridized carbons (Fsp3) is 0.273. The minimum absolute atomic E-state index is 0.462. The Bertz CT molecular complexity index is 994. The van der Waals surface area contributed by atoms with Crippen molar-refractivity contribution in [1.82, 2.24) is 4.98 Å². The molecule has 0 aliphatic carbocycles. The fourth-order valence-corrected chi connectivity index (χ4v) is 4.32. The highest BCUT2D eigenvalue weighted by atomic mass is 32.2. The molecule has 1 aromatic heterocycles. The van der Waals surface area contributed by atoms with Crippen LogP contribution in [0.5, 0.6) is 0 Å². The second-order valence-electron chi connectivity index (χ2n) is 6.77. The van der Waals surface area contributed by atoms with E-state index in [9.17, 15) is 8.42 Å². The number of nitrogens with zero attached hydrogens (tertiary/aromatic N) is 1. The number of nitrogens with one attached hydrogen (secondary N) is 1. The number of sulfonamides is 1. The minimum Gasteiger partial charge on any atom is -0.344 e. The summed E-state index contributed by atoms with van der Waals surface area (Å²) in [4.78, 5) is 3.37. The summed E-state index contributed by atoms with van der Waals surface area (Å²) in [5.74, 6) is 0.647. The Labute approximate surface area is 161 Å². The number of benzene rings is 2. The summed E-state index contributed by atoms with van der Waals surface area (Å²) >= 11 is 0. The number of anilines is 1. The van der Waals surface area contributed by atoms with Crippen LogP contribution in [0.4, 0.5) is 5.82 Å². The summed E-state index contributed by atoms with van der Waals surface area (Å²) in [6.07, 6.45) is 3.01. The van der Waals surface area contributed by atoms with Crippen molar-refractivity contribution in [1.29, 1.82) is 0 Å². The number of aromatic amines is 1. The predicted molar refractivity (Wildman–Crippen MR) is 113 cm³/mol. The maximum atomic E-state index is 12.6. The molecule has 5 heteroatoms. The third kappa shape index (κ3) is 4.08. The van der Waals surface area contributed by atoms with Crippen LogP contribution in [0.25, 0.3) is 22.3 Å². The zero-order chi connectivity index (χ0) is 19.4. The smallest absolute Gasteiger partial charge is 0.233 e. The lowest BCUT2D eigenvalue weighted by Gasteiger charge is -2.23. The van der Waals surface area contributed by atoms with E-state index in [2.05, 4.69) is 24.0 Å². The van der Waals surface area contributed by atoms with Crippen molar-refractivity contribution in [3.8, 4) is 22.3 Å². The van der Waals surface area contributed by atoms with E-state index >= 15 is 0 Å². The van der Waals surface area contributed by atoms with Crippen molar-refractivity contribution in [3.05, 3.63) is 66.4 Å². The van der Waals surface area contributed by atoms with E-state index in [0.29, 0.717) is 12.4 Å². The van der Waals surface area contributed by atoms with Crippen LogP contribution < -0.4 is 4.31 Å². The summed E-state index contributed by atoms with van der Waals surface area (Å²) in [6, 6.07) is 20.1. The molecule has 0 bridgehead atoms. The van der Waals surface area contributed by atoms with Crippen LogP contribution in [-0.4, -0.2) is 26.2 Å². The topological polar surface area (TPSA) is 53.2 Å². The molecule has 3 aromatic rings. The van der Waals surface area contributed by atoms with Gasteiger partial charge in [0.05, 0.1) is 6.26 Å². The number of unbranched alkanes of at least 4 members (excludes halogenated alkanes) is 1. The third-order valence-electron chi connectivity index (χ3n) is 4.66. The number of hydrogen-bond acceptors (Lipinski definition) is 2. The molecule has 4 nitrogen and oxygen atoms in total. The fourth-order valence-electron chi connectivity index (χ4n) is 3.39. The van der Waals surface area contributed by atoms with Crippen LogP contribution in [0.15, 0.2) is 60.7 Å². The maximum absolute atomic E-state index is 12.6. The average molecular weight is 383 g/mol. The van der Waals surface area contributed by atoms with E-state index in [0.717, 1.165) is 40.8 Å². The van der Waals surface area contributed by atoms with Crippen LogP contribution in [-0.2, 0) is 10.0 Å². The lowest BCUT2D eigenvalue weighted by atomic mass is 9.96. The van der Waals surface area contributed by atoms with Gasteiger partial charge >= 0.3 is 0 Å². The summed E-state index contributed by atoms with van der Waals surface area (Å²) in [7, 11) is -3.40. The Hall–Kier alpha value is -2.53. The molecule has 27 heavy (non-hydrogen) atoms. The quantitative estimate of drug-likeness (QED) is 0.609. The standard InChI is InChI=1S/C22H26N2O2S/c1-4-5-16-24(27(3,25)26)22-21(19-14-10-7-11-15-19)20(17(2)23-22)18-12-8-6-9-13-18/h6-15,23H,4-5,16H2,1-3H3. The molecule has 0 saturated heterocycles. The zero-order valence-electron chi connectivity index (χ0n) is 16.1. The van der Waals surface area contributed by atoms with E-state index in [1.165, 1.54) is 10.6 Å². The molecule has 0 radical (unpaired) electrons. The van der Waals surface area contributed by atoms with Crippen molar-refractivity contribution in [2.24, 2.45) is 0 Å². The number of aryl methyl sites for hydroxylation is 1. The molecule has 142 valence electrons. The Morgan fingerprint density at radius 1 is 0.889 bits per heavy atom. The zero-order valence-corrected chi connectivity index (χ0v) is 16.9. The van der Waals surface area contributed by atoms with Gasteiger partial charge in [-0.15, -0.1) is 0 Å². The molecule has 0 fully saturated rings. The van der Waals surface area contributed by atoms with Crippen LogP contribution >= 0.6 is 0 Å². The van der Waals surface area contributed by atoms with Crippen LogP contribution in [0.2, 0.25) is 0 Å². The highest BCUT2D eigenvalue weighted by molar-refractivity contribution is 7.92. The van der Waals surface area contributed by atoms with E-state index in [4.69, 9.17) is 0 Å². The molecule has 0 atom stereocenters. The van der Waals surface area contributed by atoms with Crippen molar-refractivity contribution in [2.75, 3.05) is 17.1 Å². The Balaban J connectivity index is 2.29. The van der Waals surface area contributed by atoms with E-state index in [1.54, 1.807) is 0 Å². The first-order chi connectivity index (χ1) is 12.9. The van der Waals surface area contributed by atoms with Crippen molar-refractivity contribution in [3.63, 3.8) is 0 Å². The Morgan fingerprint density at radius 2 is 1.41 bits per heavy atom. The summed E-state index contributed by atoms with van der Waals surface area (Å²) in [6.45, 7) is 4.52. The van der Waals surface area contributed by atoms with Gasteiger partial charge in [0, 0.05) is 23.4 Å². The molecule has 1 heterocycles. The molecule has 0 spiro atoms. The van der Waals surface area contributed by atoms with Crippen LogP contribution in [0, 0.1) is 6.92 Å². The number of rotatable bonds is 7. The van der Waals surface area contributed by atoms with Gasteiger partial charge in [-0.25, -0.2) is 8.42 Å². The first-order valence-corrected chi connectivity index (χ1v) is 11.1. The molecule has 3 rings (SSSR count). The number of H-pyrrole nitrogens is 1. The predicted octanol–water partition coefficient (Wildman–Crippen LogP) is 5.22. The van der Waals surface area contributed by atoms with Crippen molar-refractivity contribution in [2.45, 2.75) is 26.7 Å². The number of hydrogen-bond donors (Lipinski definition) is 1. The Morgan fingerprint density at radius 3 is 1.89 bits per heavy atom. The van der Waals surface area contributed by atoms with Gasteiger partial charge in [-0.05, 0) is 24.5 Å². The molecule has 0 aliphatic rings. The van der Waals surface area contributed by atoms with Gasteiger partial charge in [0.1, 0.15) is 5.82 Å². The van der Waals surface area contributed by atoms with Gasteiger partial charge in [-0.1, -0.05) is 74.0 Å². The molecule has 0 aliphatic heterocycles. The minimum atomic E-state index is -3.40. The normalized spacial score (nSPS) is 11.5. The van der Waals surface area contributed by atoms with Crippen LogP contribution in [0.3, 0.4) is 0 Å². The van der Waals surface area contributed by atoms with E-state index in [-0.39, 0.29) is 0 Å². The SMILES string of the molecule is CCCCN(c1[nH]c(C)c(-c2ccccc2)c1-c1ccccc1)S(C)(=O)=O. The maximum Gasteiger partial charge on any atom is 0.233 e. The molecule has 0 amide bonds. The highest BCUT2D eigenvalue weighted by Crippen LogP contribution is 2.42. The molecular weight excluding hydrogens is 356 g/mol. The molecule has 0 saturated carbocycles. The first-order valence-electron chi connectivity index (χ1n) is 9.24. The first kappa shape index (κ1) is 19.2. The monoisotopic (exact) mass is 382 g/mol. The van der Waals surface area contributed by atoms with Gasteiger partial charge in [0.15, 0.2) is 0 Å². The largest absolute Gasteiger partial charge is 0.344 e. The van der Waals surface area contributed by atoms with E-state index < -0.39 is 10.0 Å². The molecule has 1 N–H and O–H groups in total. The van der Waals surface area contributed by atoms with Crippen LogP contribution in [0.1, 0.15) is 25.5 Å². The third-order valence-corrected chi connectivity index (χ3v) is 5.82. The Kier molecular flexibility index (Phi) is 5.71. The van der Waals surface area contributed by atoms with Gasteiger partial charge < -0.3 is 4.98 Å². The van der Waals surface area contributed by atoms with E-state index in [1.807, 2.05) is 55.5 Å². The second-order valence-corrected chi connectivity index (χ2v) is 8.68. The summed E-state index contributed by atoms with van der Waals surface area (Å²) < 4.78 is 26.7. The molecule has 2 aromatic carbocycles. The van der Waals surface area contributed by atoms with Gasteiger partial charge in [0.2, 0.25) is 10.0 Å². The van der Waals surface area contributed by atoms with Gasteiger partial charge in [-0.3, -0.25) is 4.31 Å². The lowest BCUT2D eigenvalue weighted by molar-refractivity contribution is 0.594. The molecular formula is C22H26N2O2S. The lowest BCUT2D eigenvalue weighted by Crippen LogP contribution is -2.31. The average Bonchev–Trinajstić information content (AvgIpc) is 2.99. The second kappa shape index (κ2) is 8.01.